The highest BCUT2D eigenvalue weighted by Crippen LogP contribution is 2.26. The van der Waals surface area contributed by atoms with Gasteiger partial charge in [-0.2, -0.15) is 0 Å². The number of rotatable bonds is 23. The van der Waals surface area contributed by atoms with Crippen LogP contribution in [0.5, 0.6) is 5.75 Å². The summed E-state index contributed by atoms with van der Waals surface area (Å²) in [7, 11) is 0. The maximum Gasteiger partial charge on any atom is 0.337 e. The van der Waals surface area contributed by atoms with Crippen LogP contribution in [0, 0.1) is 11.8 Å². The zero-order chi connectivity index (χ0) is 32.4. The number of allylic oxidation sites excluding steroid dienone is 1. The maximum absolute atomic E-state index is 13.2. The number of carbonyl (C=O) groups excluding carboxylic acids is 2. The van der Waals surface area contributed by atoms with Gasteiger partial charge in [-0.1, -0.05) is 57.9 Å². The Morgan fingerprint density at radius 1 is 0.953 bits per heavy atom. The molecule has 3 atom stereocenters. The molecule has 0 fully saturated rings. The van der Waals surface area contributed by atoms with Gasteiger partial charge in [0.25, 0.3) is 0 Å². The van der Waals surface area contributed by atoms with Crippen LogP contribution in [-0.2, 0) is 30.4 Å². The van der Waals surface area contributed by atoms with Crippen molar-refractivity contribution in [3.05, 3.63) is 42.0 Å². The molecule has 0 saturated carbocycles. The van der Waals surface area contributed by atoms with E-state index in [1.54, 1.807) is 24.3 Å². The monoisotopic (exact) mass is 605 g/mol. The quantitative estimate of drug-likeness (QED) is 0.0884. The smallest absolute Gasteiger partial charge is 0.337 e. The van der Waals surface area contributed by atoms with Gasteiger partial charge in [0.1, 0.15) is 17.6 Å². The Morgan fingerprint density at radius 2 is 1.60 bits per heavy atom. The van der Waals surface area contributed by atoms with Crippen molar-refractivity contribution in [3.8, 4) is 5.75 Å². The summed E-state index contributed by atoms with van der Waals surface area (Å²) in [5.74, 6) is -6.63. The standard InChI is InChI=1S/C32H47NO10/c1-4-11-24(34)12-9-7-5-6-8-10-13-26(32(42,31(40)41)21-28(35)36)29(37)33-27(30(38)39)20-23-14-16-25(17-15-23)43-19-18-22(2)3/h10,13-17,22,26-27,42H,4-9,11-12,18-21H2,1-3H3,(H,33,37)(H,35,36)(H,38,39)(H,40,41)/b13-10+. The van der Waals surface area contributed by atoms with Gasteiger partial charge in [0.15, 0.2) is 5.60 Å². The highest BCUT2D eigenvalue weighted by Gasteiger charge is 2.49. The number of unbranched alkanes of at least 4 members (excludes halogenated alkanes) is 4. The minimum Gasteiger partial charge on any atom is -0.494 e. The van der Waals surface area contributed by atoms with Crippen LogP contribution in [0.25, 0.3) is 0 Å². The molecule has 0 heterocycles. The van der Waals surface area contributed by atoms with Crippen molar-refractivity contribution >= 4 is 29.6 Å². The lowest BCUT2D eigenvalue weighted by Crippen LogP contribution is -2.55. The molecule has 240 valence electrons. The van der Waals surface area contributed by atoms with Crippen LogP contribution in [0.3, 0.4) is 0 Å². The molecule has 43 heavy (non-hydrogen) atoms. The van der Waals surface area contributed by atoms with Crippen LogP contribution in [0.15, 0.2) is 36.4 Å². The van der Waals surface area contributed by atoms with Crippen molar-refractivity contribution in [2.45, 2.75) is 103 Å². The first kappa shape index (κ1) is 37.3. The fourth-order valence-corrected chi connectivity index (χ4v) is 4.42. The van der Waals surface area contributed by atoms with E-state index in [9.17, 15) is 44.4 Å². The van der Waals surface area contributed by atoms with Crippen LogP contribution in [0.1, 0.15) is 90.5 Å². The van der Waals surface area contributed by atoms with Gasteiger partial charge in [0.2, 0.25) is 5.91 Å². The van der Waals surface area contributed by atoms with Crippen LogP contribution in [0.4, 0.5) is 0 Å². The molecule has 1 amide bonds. The van der Waals surface area contributed by atoms with E-state index in [2.05, 4.69) is 19.2 Å². The number of carbonyl (C=O) groups is 5. The van der Waals surface area contributed by atoms with Crippen molar-refractivity contribution in [1.29, 1.82) is 0 Å². The van der Waals surface area contributed by atoms with Gasteiger partial charge >= 0.3 is 17.9 Å². The van der Waals surface area contributed by atoms with Crippen molar-refractivity contribution in [2.24, 2.45) is 11.8 Å². The molecule has 1 aromatic carbocycles. The van der Waals surface area contributed by atoms with Crippen molar-refractivity contribution < 1.29 is 49.1 Å². The molecule has 5 N–H and O–H groups in total. The van der Waals surface area contributed by atoms with E-state index in [-0.39, 0.29) is 12.2 Å². The third-order valence-corrected chi connectivity index (χ3v) is 6.96. The van der Waals surface area contributed by atoms with Crippen LogP contribution in [0.2, 0.25) is 0 Å². The predicted octanol–water partition coefficient (Wildman–Crippen LogP) is 4.40. The first-order chi connectivity index (χ1) is 20.3. The summed E-state index contributed by atoms with van der Waals surface area (Å²) in [6, 6.07) is 5.20. The molecule has 0 aliphatic carbocycles. The molecule has 11 nitrogen and oxygen atoms in total. The molecule has 0 spiro atoms. The van der Waals surface area contributed by atoms with Gasteiger partial charge in [0, 0.05) is 19.3 Å². The molecular formula is C32H47NO10. The number of ether oxygens (including phenoxy) is 1. The fraction of sp³-hybridized carbons (Fsp3) is 0.594. The van der Waals surface area contributed by atoms with Gasteiger partial charge in [-0.15, -0.1) is 0 Å². The van der Waals surface area contributed by atoms with Crippen molar-refractivity contribution in [2.75, 3.05) is 6.61 Å². The van der Waals surface area contributed by atoms with Gasteiger partial charge in [-0.3, -0.25) is 14.4 Å². The van der Waals surface area contributed by atoms with E-state index in [0.29, 0.717) is 49.5 Å². The number of benzene rings is 1. The SMILES string of the molecule is CCCC(=O)CCCCCC/C=C/C(C(=O)NC(Cc1ccc(OCCC(C)C)cc1)C(=O)O)C(O)(CC(=O)O)C(=O)O. The average Bonchev–Trinajstić information content (AvgIpc) is 2.92. The normalized spacial score (nSPS) is 14.2. The Labute approximate surface area is 253 Å². The topological polar surface area (TPSA) is 188 Å². The minimum absolute atomic E-state index is 0.144. The number of carboxylic acid groups (broad SMARTS) is 3. The highest BCUT2D eigenvalue weighted by molar-refractivity contribution is 5.94. The van der Waals surface area contributed by atoms with E-state index < -0.39 is 47.8 Å². The third kappa shape index (κ3) is 14.3. The second-order valence-electron chi connectivity index (χ2n) is 11.2. The van der Waals surface area contributed by atoms with Gasteiger partial charge in [-0.25, -0.2) is 9.59 Å². The molecule has 1 rings (SSSR count). The second-order valence-corrected chi connectivity index (χ2v) is 11.2. The van der Waals surface area contributed by atoms with Gasteiger partial charge < -0.3 is 30.5 Å². The van der Waals surface area contributed by atoms with E-state index in [0.717, 1.165) is 38.2 Å². The number of ketones is 1. The Balaban J connectivity index is 2.95. The van der Waals surface area contributed by atoms with E-state index >= 15 is 0 Å². The molecule has 0 aromatic heterocycles. The lowest BCUT2D eigenvalue weighted by Gasteiger charge is -2.29. The van der Waals surface area contributed by atoms with E-state index in [1.165, 1.54) is 6.08 Å². The summed E-state index contributed by atoms with van der Waals surface area (Å²) in [4.78, 5) is 60.3. The minimum atomic E-state index is -3.01. The summed E-state index contributed by atoms with van der Waals surface area (Å²) in [5, 5.41) is 41.9. The van der Waals surface area contributed by atoms with Crippen LogP contribution < -0.4 is 10.1 Å². The van der Waals surface area contributed by atoms with Gasteiger partial charge in [0.05, 0.1) is 18.9 Å². The van der Waals surface area contributed by atoms with E-state index in [1.807, 2.05) is 6.92 Å². The first-order valence-corrected chi connectivity index (χ1v) is 14.9. The molecule has 3 unspecified atom stereocenters. The third-order valence-electron chi connectivity index (χ3n) is 6.96. The summed E-state index contributed by atoms with van der Waals surface area (Å²) < 4.78 is 5.67. The molecule has 11 heteroatoms. The zero-order valence-electron chi connectivity index (χ0n) is 25.4. The number of amides is 1. The predicted molar refractivity (Wildman–Crippen MR) is 160 cm³/mol. The fourth-order valence-electron chi connectivity index (χ4n) is 4.42. The molecule has 0 radical (unpaired) electrons. The summed E-state index contributed by atoms with van der Waals surface area (Å²) in [6.45, 7) is 6.64. The Hall–Kier alpha value is -3.73. The summed E-state index contributed by atoms with van der Waals surface area (Å²) in [6.07, 6.45) is 7.39. The Kier molecular flexibility index (Phi) is 16.9. The number of hydrogen-bond donors (Lipinski definition) is 5. The number of nitrogens with one attached hydrogen (secondary N) is 1. The molecule has 0 bridgehead atoms. The number of aliphatic hydroxyl groups is 1. The largest absolute Gasteiger partial charge is 0.494 e. The number of hydrogen-bond acceptors (Lipinski definition) is 7. The number of aliphatic carboxylic acids is 3. The Morgan fingerprint density at radius 3 is 2.16 bits per heavy atom. The second kappa shape index (κ2) is 19.5. The first-order valence-electron chi connectivity index (χ1n) is 14.9. The molecule has 0 aliphatic heterocycles. The Bertz CT molecular complexity index is 1080. The lowest BCUT2D eigenvalue weighted by molar-refractivity contribution is -0.172. The molecule has 0 aliphatic rings. The van der Waals surface area contributed by atoms with E-state index in [4.69, 9.17) is 4.74 Å². The average molecular weight is 606 g/mol. The molecular weight excluding hydrogens is 558 g/mol. The molecule has 1 aromatic rings. The summed E-state index contributed by atoms with van der Waals surface area (Å²) >= 11 is 0. The van der Waals surface area contributed by atoms with Gasteiger partial charge in [-0.05, 0) is 55.7 Å². The summed E-state index contributed by atoms with van der Waals surface area (Å²) in [5.41, 5.74) is -2.45. The van der Waals surface area contributed by atoms with Crippen LogP contribution >= 0.6 is 0 Å². The number of Topliss-reactive ketones (excluding diaryl/α,β-unsaturated/α-hetero) is 1. The van der Waals surface area contributed by atoms with Crippen molar-refractivity contribution in [1.82, 2.24) is 5.32 Å². The maximum atomic E-state index is 13.2. The lowest BCUT2D eigenvalue weighted by atomic mass is 9.82. The van der Waals surface area contributed by atoms with Crippen LogP contribution in [-0.4, -0.2) is 68.3 Å². The number of carboxylic acids is 3. The molecule has 0 saturated heterocycles. The highest BCUT2D eigenvalue weighted by atomic mass is 16.5. The van der Waals surface area contributed by atoms with Crippen molar-refractivity contribution in [3.63, 3.8) is 0 Å². The zero-order valence-corrected chi connectivity index (χ0v) is 25.4.